The predicted octanol–water partition coefficient (Wildman–Crippen LogP) is 5.02. The second-order valence-electron chi connectivity index (χ2n) is 10.7. The standard InChI is InChI=1S/C23H40O2/c1-5-14(2)15-9-10-16-19-17(11-13-23(15,16)4)22(3)12-7-6-8-18(22)20(24)21(19)25/h14-21,24-25H,5-13H2,1-4H3. The molecule has 144 valence electrons. The highest BCUT2D eigenvalue weighted by atomic mass is 16.3. The van der Waals surface area contributed by atoms with E-state index in [1.165, 1.54) is 51.4 Å². The van der Waals surface area contributed by atoms with E-state index in [0.717, 1.165) is 18.3 Å². The Morgan fingerprint density at radius 3 is 2.28 bits per heavy atom. The van der Waals surface area contributed by atoms with Gasteiger partial charge < -0.3 is 10.2 Å². The molecule has 0 saturated heterocycles. The van der Waals surface area contributed by atoms with Gasteiger partial charge in [0.05, 0.1) is 12.2 Å². The molecule has 0 aromatic rings. The van der Waals surface area contributed by atoms with E-state index >= 15 is 0 Å². The largest absolute Gasteiger partial charge is 0.390 e. The lowest BCUT2D eigenvalue weighted by molar-refractivity contribution is -0.215. The fourth-order valence-corrected chi connectivity index (χ4v) is 8.57. The Hall–Kier alpha value is -0.0800. The second-order valence-corrected chi connectivity index (χ2v) is 10.7. The lowest BCUT2D eigenvalue weighted by Crippen LogP contribution is -2.63. The van der Waals surface area contributed by atoms with E-state index in [-0.39, 0.29) is 5.41 Å². The van der Waals surface area contributed by atoms with Crippen LogP contribution in [0.2, 0.25) is 0 Å². The summed E-state index contributed by atoms with van der Waals surface area (Å²) in [6.45, 7) is 9.77. The molecular formula is C23H40O2. The van der Waals surface area contributed by atoms with Crippen LogP contribution >= 0.6 is 0 Å². The average Bonchev–Trinajstić information content (AvgIpc) is 2.95. The summed E-state index contributed by atoms with van der Waals surface area (Å²) in [7, 11) is 0. The van der Waals surface area contributed by atoms with Crippen LogP contribution in [0, 0.1) is 46.3 Å². The molecular weight excluding hydrogens is 308 g/mol. The van der Waals surface area contributed by atoms with E-state index in [2.05, 4.69) is 27.7 Å². The Bertz CT molecular complexity index is 504. The Balaban J connectivity index is 1.68. The van der Waals surface area contributed by atoms with Gasteiger partial charge in [-0.1, -0.05) is 47.0 Å². The number of hydrogen-bond donors (Lipinski definition) is 2. The van der Waals surface area contributed by atoms with Gasteiger partial charge in [0.2, 0.25) is 0 Å². The highest BCUT2D eigenvalue weighted by Gasteiger charge is 2.64. The number of hydrogen-bond acceptors (Lipinski definition) is 2. The van der Waals surface area contributed by atoms with E-state index in [1.54, 1.807) is 0 Å². The molecule has 0 aromatic heterocycles. The van der Waals surface area contributed by atoms with Crippen molar-refractivity contribution in [3.8, 4) is 0 Å². The third-order valence-corrected chi connectivity index (χ3v) is 10.1. The zero-order valence-electron chi connectivity index (χ0n) is 16.9. The molecule has 2 heteroatoms. The van der Waals surface area contributed by atoms with Crippen LogP contribution in [0.4, 0.5) is 0 Å². The van der Waals surface area contributed by atoms with Crippen molar-refractivity contribution in [1.82, 2.24) is 0 Å². The van der Waals surface area contributed by atoms with Crippen LogP contribution < -0.4 is 0 Å². The third-order valence-electron chi connectivity index (χ3n) is 10.1. The van der Waals surface area contributed by atoms with Gasteiger partial charge in [-0.3, -0.25) is 0 Å². The molecule has 2 N–H and O–H groups in total. The summed E-state index contributed by atoms with van der Waals surface area (Å²) < 4.78 is 0. The summed E-state index contributed by atoms with van der Waals surface area (Å²) in [6.07, 6.45) is 10.5. The predicted molar refractivity (Wildman–Crippen MR) is 102 cm³/mol. The summed E-state index contributed by atoms with van der Waals surface area (Å²) in [5, 5.41) is 22.3. The molecule has 0 heterocycles. The normalized spacial score (nSPS) is 56.6. The lowest BCUT2D eigenvalue weighted by Gasteiger charge is -2.63. The first kappa shape index (κ1) is 18.3. The van der Waals surface area contributed by atoms with Gasteiger partial charge in [0.1, 0.15) is 0 Å². The van der Waals surface area contributed by atoms with Crippen molar-refractivity contribution < 1.29 is 10.2 Å². The monoisotopic (exact) mass is 348 g/mol. The second kappa shape index (κ2) is 6.23. The molecule has 4 fully saturated rings. The smallest absolute Gasteiger partial charge is 0.0835 e. The van der Waals surface area contributed by atoms with E-state index in [0.29, 0.717) is 29.1 Å². The van der Waals surface area contributed by atoms with Gasteiger partial charge in [-0.25, -0.2) is 0 Å². The minimum absolute atomic E-state index is 0.261. The van der Waals surface area contributed by atoms with Gasteiger partial charge in [0, 0.05) is 0 Å². The molecule has 0 aromatic carbocycles. The van der Waals surface area contributed by atoms with Crippen LogP contribution in [0.1, 0.15) is 85.5 Å². The van der Waals surface area contributed by atoms with Gasteiger partial charge in [-0.05, 0) is 84.9 Å². The van der Waals surface area contributed by atoms with Gasteiger partial charge in [0.15, 0.2) is 0 Å². The summed E-state index contributed by atoms with van der Waals surface area (Å²) in [5.41, 5.74) is 0.645. The van der Waals surface area contributed by atoms with Crippen molar-refractivity contribution in [3.05, 3.63) is 0 Å². The molecule has 0 aliphatic heterocycles. The van der Waals surface area contributed by atoms with Crippen LogP contribution in [0.25, 0.3) is 0 Å². The van der Waals surface area contributed by atoms with Crippen LogP contribution in [0.15, 0.2) is 0 Å². The van der Waals surface area contributed by atoms with Crippen LogP contribution in [-0.4, -0.2) is 22.4 Å². The first-order valence-corrected chi connectivity index (χ1v) is 11.2. The Morgan fingerprint density at radius 2 is 1.56 bits per heavy atom. The minimum atomic E-state index is -0.489. The number of aliphatic hydroxyl groups excluding tert-OH is 2. The van der Waals surface area contributed by atoms with Gasteiger partial charge in [0.25, 0.3) is 0 Å². The fraction of sp³-hybridized carbons (Fsp3) is 1.00. The molecule has 4 aliphatic carbocycles. The first-order valence-electron chi connectivity index (χ1n) is 11.2. The van der Waals surface area contributed by atoms with Crippen molar-refractivity contribution in [3.63, 3.8) is 0 Å². The van der Waals surface area contributed by atoms with Gasteiger partial charge >= 0.3 is 0 Å². The maximum atomic E-state index is 11.2. The molecule has 10 unspecified atom stereocenters. The van der Waals surface area contributed by atoms with Crippen molar-refractivity contribution in [2.75, 3.05) is 0 Å². The molecule has 25 heavy (non-hydrogen) atoms. The van der Waals surface area contributed by atoms with Gasteiger partial charge in [-0.15, -0.1) is 0 Å². The Kier molecular flexibility index (Phi) is 4.56. The molecule has 2 nitrogen and oxygen atoms in total. The van der Waals surface area contributed by atoms with E-state index in [9.17, 15) is 10.2 Å². The SMILES string of the molecule is CCC(C)C1CCC2C3C(O)C(O)C4CCCCC4(C)C3CCC12C. The van der Waals surface area contributed by atoms with Crippen molar-refractivity contribution in [1.29, 1.82) is 0 Å². The average molecular weight is 349 g/mol. The molecule has 4 aliphatic rings. The van der Waals surface area contributed by atoms with Crippen LogP contribution in [0.5, 0.6) is 0 Å². The summed E-state index contributed by atoms with van der Waals surface area (Å²) in [6, 6.07) is 0. The van der Waals surface area contributed by atoms with Gasteiger partial charge in [-0.2, -0.15) is 0 Å². The zero-order valence-corrected chi connectivity index (χ0v) is 16.9. The summed E-state index contributed by atoms with van der Waals surface area (Å²) in [4.78, 5) is 0. The van der Waals surface area contributed by atoms with E-state index in [1.807, 2.05) is 0 Å². The minimum Gasteiger partial charge on any atom is -0.390 e. The maximum Gasteiger partial charge on any atom is 0.0835 e. The summed E-state index contributed by atoms with van der Waals surface area (Å²) >= 11 is 0. The third kappa shape index (κ3) is 2.42. The number of fused-ring (bicyclic) bond motifs is 5. The maximum absolute atomic E-state index is 11.2. The Labute approximate surface area is 154 Å². The van der Waals surface area contributed by atoms with E-state index < -0.39 is 12.2 Å². The highest BCUT2D eigenvalue weighted by molar-refractivity contribution is 5.13. The zero-order chi connectivity index (χ0) is 18.0. The topological polar surface area (TPSA) is 40.5 Å². The quantitative estimate of drug-likeness (QED) is 0.735. The lowest BCUT2D eigenvalue weighted by atomic mass is 9.43. The van der Waals surface area contributed by atoms with Crippen molar-refractivity contribution >= 4 is 0 Å². The van der Waals surface area contributed by atoms with Crippen molar-refractivity contribution in [2.45, 2.75) is 97.7 Å². The molecule has 10 atom stereocenters. The van der Waals surface area contributed by atoms with Crippen LogP contribution in [-0.2, 0) is 0 Å². The highest BCUT2D eigenvalue weighted by Crippen LogP contribution is 2.68. The molecule has 0 bridgehead atoms. The number of rotatable bonds is 2. The molecule has 0 spiro atoms. The Morgan fingerprint density at radius 1 is 0.840 bits per heavy atom. The van der Waals surface area contributed by atoms with Crippen LogP contribution in [0.3, 0.4) is 0 Å². The molecule has 4 saturated carbocycles. The molecule has 0 amide bonds. The number of aliphatic hydroxyl groups is 2. The molecule has 0 radical (unpaired) electrons. The molecule has 4 rings (SSSR count). The fourth-order valence-electron chi connectivity index (χ4n) is 8.57. The van der Waals surface area contributed by atoms with Crippen molar-refractivity contribution in [2.24, 2.45) is 46.3 Å². The van der Waals surface area contributed by atoms with E-state index in [4.69, 9.17) is 0 Å². The first-order chi connectivity index (χ1) is 11.8. The summed E-state index contributed by atoms with van der Waals surface area (Å²) in [5.74, 6) is 3.51.